The number of nitrogens with one attached hydrogen (secondary N) is 3. The summed E-state index contributed by atoms with van der Waals surface area (Å²) in [6.07, 6.45) is 2.20. The highest BCUT2D eigenvalue weighted by atomic mass is 16.4. The number of aliphatic carboxylic acids is 1. The molecule has 0 aromatic carbocycles. The number of carboxylic acids is 1. The second-order valence-corrected chi connectivity index (χ2v) is 5.24. The van der Waals surface area contributed by atoms with Crippen molar-refractivity contribution < 1.29 is 19.5 Å². The molecule has 3 rings (SSSR count). The smallest absolute Gasteiger partial charge is 0.322 e. The Morgan fingerprint density at radius 1 is 1.10 bits per heavy atom. The molecular formula is C12H20N4O4. The second kappa shape index (κ2) is 6.56. The van der Waals surface area contributed by atoms with Crippen LogP contribution in [0.25, 0.3) is 0 Å². The number of hydrogen-bond acceptors (Lipinski definition) is 4. The van der Waals surface area contributed by atoms with Crippen molar-refractivity contribution >= 4 is 17.9 Å². The third kappa shape index (κ3) is 4.09. The predicted molar refractivity (Wildman–Crippen MR) is 70.1 cm³/mol. The summed E-state index contributed by atoms with van der Waals surface area (Å²) in [6, 6.07) is -0.242. The van der Waals surface area contributed by atoms with Crippen molar-refractivity contribution in [3.05, 3.63) is 0 Å². The van der Waals surface area contributed by atoms with E-state index in [4.69, 9.17) is 5.11 Å². The predicted octanol–water partition coefficient (Wildman–Crippen LogP) is -1.42. The molecule has 3 heterocycles. The van der Waals surface area contributed by atoms with Gasteiger partial charge in [-0.3, -0.25) is 9.59 Å². The number of nitrogens with zero attached hydrogens (tertiary/aromatic N) is 1. The van der Waals surface area contributed by atoms with Gasteiger partial charge in [0.1, 0.15) is 6.54 Å². The van der Waals surface area contributed by atoms with Crippen molar-refractivity contribution in [2.75, 3.05) is 32.7 Å². The highest BCUT2D eigenvalue weighted by Crippen LogP contribution is 2.27. The highest BCUT2D eigenvalue weighted by Gasteiger charge is 2.34. The van der Waals surface area contributed by atoms with Crippen LogP contribution in [0.4, 0.5) is 4.79 Å². The molecule has 112 valence electrons. The van der Waals surface area contributed by atoms with Crippen LogP contribution in [0.3, 0.4) is 0 Å². The average Bonchev–Trinajstić information content (AvgIpc) is 2.44. The van der Waals surface area contributed by atoms with Crippen molar-refractivity contribution in [3.63, 3.8) is 0 Å². The van der Waals surface area contributed by atoms with Gasteiger partial charge in [0, 0.05) is 12.6 Å². The van der Waals surface area contributed by atoms with Crippen molar-refractivity contribution in [2.45, 2.75) is 18.9 Å². The van der Waals surface area contributed by atoms with E-state index in [1.54, 1.807) is 0 Å². The number of carboxylic acid groups (broad SMARTS) is 1. The Bertz CT molecular complexity index is 393. The summed E-state index contributed by atoms with van der Waals surface area (Å²) < 4.78 is 0. The zero-order valence-corrected chi connectivity index (χ0v) is 11.2. The van der Waals surface area contributed by atoms with Crippen LogP contribution in [-0.4, -0.2) is 66.7 Å². The molecule has 3 aliphatic rings. The van der Waals surface area contributed by atoms with Gasteiger partial charge in [-0.1, -0.05) is 0 Å². The molecule has 3 fully saturated rings. The van der Waals surface area contributed by atoms with Gasteiger partial charge in [-0.2, -0.15) is 0 Å². The first kappa shape index (κ1) is 14.6. The lowest BCUT2D eigenvalue weighted by molar-refractivity contribution is -0.137. The second-order valence-electron chi connectivity index (χ2n) is 5.24. The summed E-state index contributed by atoms with van der Waals surface area (Å²) in [7, 11) is 0. The molecule has 4 N–H and O–H groups in total. The normalized spacial score (nSPS) is 27.7. The Morgan fingerprint density at radius 2 is 1.80 bits per heavy atom. The summed E-state index contributed by atoms with van der Waals surface area (Å²) >= 11 is 0. The SMILES string of the molecule is O=C(O)CNC(=O)CNC(=O)NC1CN2CCC1CC2. The maximum Gasteiger partial charge on any atom is 0.322 e. The number of hydrogen-bond donors (Lipinski definition) is 4. The summed E-state index contributed by atoms with van der Waals surface area (Å²) in [5, 5.41) is 15.9. The van der Waals surface area contributed by atoms with E-state index in [9.17, 15) is 14.4 Å². The maximum atomic E-state index is 11.7. The summed E-state index contributed by atoms with van der Waals surface area (Å²) in [6.45, 7) is 2.40. The summed E-state index contributed by atoms with van der Waals surface area (Å²) in [5.74, 6) is -1.11. The molecule has 2 bridgehead atoms. The van der Waals surface area contributed by atoms with Gasteiger partial charge in [0.05, 0.1) is 6.54 Å². The fourth-order valence-corrected chi connectivity index (χ4v) is 2.75. The number of carbonyl (C=O) groups is 3. The fraction of sp³-hybridized carbons (Fsp3) is 0.750. The van der Waals surface area contributed by atoms with Gasteiger partial charge < -0.3 is 26.0 Å². The van der Waals surface area contributed by atoms with Crippen LogP contribution in [-0.2, 0) is 9.59 Å². The zero-order valence-electron chi connectivity index (χ0n) is 11.2. The van der Waals surface area contributed by atoms with Crippen LogP contribution in [0.5, 0.6) is 0 Å². The lowest BCUT2D eigenvalue weighted by Crippen LogP contribution is -2.59. The van der Waals surface area contributed by atoms with Crippen LogP contribution < -0.4 is 16.0 Å². The van der Waals surface area contributed by atoms with Gasteiger partial charge in [-0.15, -0.1) is 0 Å². The average molecular weight is 284 g/mol. The quantitative estimate of drug-likeness (QED) is 0.495. The number of fused-ring (bicyclic) bond motifs is 3. The number of amides is 3. The molecule has 0 aromatic rings. The summed E-state index contributed by atoms with van der Waals surface area (Å²) in [5.41, 5.74) is 0. The number of piperidine rings is 3. The molecule has 0 saturated carbocycles. The minimum atomic E-state index is -1.12. The first-order valence-electron chi connectivity index (χ1n) is 6.80. The molecule has 8 heteroatoms. The molecule has 8 nitrogen and oxygen atoms in total. The van der Waals surface area contributed by atoms with Crippen LogP contribution >= 0.6 is 0 Å². The van der Waals surface area contributed by atoms with Gasteiger partial charge in [-0.05, 0) is 31.8 Å². The van der Waals surface area contributed by atoms with E-state index in [-0.39, 0.29) is 18.6 Å². The molecule has 0 radical (unpaired) electrons. The topological polar surface area (TPSA) is 111 Å². The molecule has 3 amide bonds. The van der Waals surface area contributed by atoms with E-state index >= 15 is 0 Å². The Morgan fingerprint density at radius 3 is 2.35 bits per heavy atom. The van der Waals surface area contributed by atoms with Crippen LogP contribution in [0.1, 0.15) is 12.8 Å². The largest absolute Gasteiger partial charge is 0.480 e. The van der Waals surface area contributed by atoms with Gasteiger partial charge in [0.25, 0.3) is 0 Å². The van der Waals surface area contributed by atoms with Crippen molar-refractivity contribution in [2.24, 2.45) is 5.92 Å². The molecular weight excluding hydrogens is 264 g/mol. The first-order valence-corrected chi connectivity index (χ1v) is 6.80. The lowest BCUT2D eigenvalue weighted by Gasteiger charge is -2.44. The fourth-order valence-electron chi connectivity index (χ4n) is 2.75. The minimum absolute atomic E-state index is 0.139. The number of carbonyl (C=O) groups excluding carboxylic acids is 2. The first-order chi connectivity index (χ1) is 9.54. The van der Waals surface area contributed by atoms with Gasteiger partial charge in [0.2, 0.25) is 5.91 Å². The Balaban J connectivity index is 1.65. The Kier molecular flexibility index (Phi) is 4.78. The van der Waals surface area contributed by atoms with E-state index in [1.165, 1.54) is 0 Å². The van der Waals surface area contributed by atoms with E-state index < -0.39 is 18.4 Å². The van der Waals surface area contributed by atoms with Crippen molar-refractivity contribution in [1.82, 2.24) is 20.9 Å². The third-order valence-electron chi connectivity index (χ3n) is 3.82. The molecule has 0 spiro atoms. The molecule has 3 saturated heterocycles. The molecule has 0 aromatic heterocycles. The van der Waals surface area contributed by atoms with E-state index in [1.807, 2.05) is 0 Å². The molecule has 1 atom stereocenters. The molecule has 3 aliphatic heterocycles. The minimum Gasteiger partial charge on any atom is -0.480 e. The van der Waals surface area contributed by atoms with Crippen LogP contribution in [0.2, 0.25) is 0 Å². The monoisotopic (exact) mass is 284 g/mol. The van der Waals surface area contributed by atoms with Crippen LogP contribution in [0, 0.1) is 5.92 Å². The Labute approximate surface area is 116 Å². The zero-order chi connectivity index (χ0) is 14.5. The van der Waals surface area contributed by atoms with Crippen LogP contribution in [0.15, 0.2) is 0 Å². The van der Waals surface area contributed by atoms with E-state index in [0.717, 1.165) is 32.5 Å². The Hall–Kier alpha value is -1.83. The summed E-state index contributed by atoms with van der Waals surface area (Å²) in [4.78, 5) is 35.5. The van der Waals surface area contributed by atoms with Crippen molar-refractivity contribution in [3.8, 4) is 0 Å². The van der Waals surface area contributed by atoms with Gasteiger partial charge >= 0.3 is 12.0 Å². The number of urea groups is 1. The molecule has 20 heavy (non-hydrogen) atoms. The van der Waals surface area contributed by atoms with E-state index in [0.29, 0.717) is 5.92 Å². The molecule has 1 unspecified atom stereocenters. The highest BCUT2D eigenvalue weighted by molar-refractivity contribution is 5.86. The third-order valence-corrected chi connectivity index (χ3v) is 3.82. The van der Waals surface area contributed by atoms with Crippen molar-refractivity contribution in [1.29, 1.82) is 0 Å². The maximum absolute atomic E-state index is 11.7. The lowest BCUT2D eigenvalue weighted by atomic mass is 9.84. The van der Waals surface area contributed by atoms with Gasteiger partial charge in [-0.25, -0.2) is 4.79 Å². The van der Waals surface area contributed by atoms with E-state index in [2.05, 4.69) is 20.9 Å². The standard InChI is InChI=1S/C12H20N4O4/c17-10(13-6-11(18)19)5-14-12(20)15-9-7-16-3-1-8(9)2-4-16/h8-9H,1-7H2,(H,13,17)(H,18,19)(H2,14,15,20). The molecule has 0 aliphatic carbocycles. The number of rotatable bonds is 5. The van der Waals surface area contributed by atoms with Gasteiger partial charge in [0.15, 0.2) is 0 Å².